The van der Waals surface area contributed by atoms with Crippen molar-refractivity contribution in [1.29, 1.82) is 0 Å². The maximum absolute atomic E-state index is 12.2. The van der Waals surface area contributed by atoms with Crippen LogP contribution in [0.3, 0.4) is 0 Å². The number of aromatic nitrogens is 2. The van der Waals surface area contributed by atoms with Gasteiger partial charge in [0.2, 0.25) is 5.91 Å². The molecule has 3 aromatic rings. The minimum Gasteiger partial charge on any atom is -0.493 e. The number of aromatic amines is 1. The zero-order valence-corrected chi connectivity index (χ0v) is 13.2. The quantitative estimate of drug-likeness (QED) is 0.733. The van der Waals surface area contributed by atoms with Crippen molar-refractivity contribution in [3.63, 3.8) is 0 Å². The summed E-state index contributed by atoms with van der Waals surface area (Å²) in [7, 11) is 0. The fraction of sp³-hybridized carbons (Fsp3) is 0.294. The summed E-state index contributed by atoms with van der Waals surface area (Å²) >= 11 is 0. The number of H-pyrrole nitrogens is 1. The van der Waals surface area contributed by atoms with Crippen LogP contribution in [0.4, 0.5) is 0 Å². The number of nitrogens with zero attached hydrogens (tertiary/aromatic N) is 1. The van der Waals surface area contributed by atoms with Crippen LogP contribution in [0.15, 0.2) is 35.2 Å². The van der Waals surface area contributed by atoms with Crippen molar-refractivity contribution in [2.45, 2.75) is 26.8 Å². The molecular formula is C17H19N3O3. The molecular weight excluding hydrogens is 294 g/mol. The predicted octanol–water partition coefficient (Wildman–Crippen LogP) is 2.72. The maximum Gasteiger partial charge on any atom is 0.224 e. The third-order valence-corrected chi connectivity index (χ3v) is 3.69. The van der Waals surface area contributed by atoms with Crippen LogP contribution in [0, 0.1) is 6.92 Å². The van der Waals surface area contributed by atoms with E-state index in [1.54, 1.807) is 0 Å². The molecule has 0 saturated heterocycles. The van der Waals surface area contributed by atoms with Gasteiger partial charge in [-0.1, -0.05) is 6.07 Å². The molecule has 2 N–H and O–H groups in total. The fourth-order valence-electron chi connectivity index (χ4n) is 2.55. The Morgan fingerprint density at radius 1 is 1.43 bits per heavy atom. The molecule has 6 heteroatoms. The topological polar surface area (TPSA) is 80.2 Å². The third kappa shape index (κ3) is 3.21. The molecule has 0 atom stereocenters. The molecule has 1 amide bonds. The van der Waals surface area contributed by atoms with Gasteiger partial charge in [-0.05, 0) is 31.5 Å². The number of rotatable bonds is 6. The molecule has 0 bridgehead atoms. The molecule has 0 aliphatic heterocycles. The summed E-state index contributed by atoms with van der Waals surface area (Å²) in [6.07, 6.45) is 3.51. The van der Waals surface area contributed by atoms with Crippen molar-refractivity contribution in [3.05, 3.63) is 47.8 Å². The SMILES string of the molecule is CCOc1cccc2[nH]cc(CC(=O)NCc3ocnc3C)c12. The summed E-state index contributed by atoms with van der Waals surface area (Å²) in [4.78, 5) is 19.4. The first-order valence-corrected chi connectivity index (χ1v) is 7.56. The Morgan fingerprint density at radius 3 is 3.04 bits per heavy atom. The minimum absolute atomic E-state index is 0.0759. The molecule has 0 unspecified atom stereocenters. The summed E-state index contributed by atoms with van der Waals surface area (Å²) in [5, 5.41) is 3.81. The third-order valence-electron chi connectivity index (χ3n) is 3.69. The van der Waals surface area contributed by atoms with E-state index in [-0.39, 0.29) is 12.3 Å². The highest BCUT2D eigenvalue weighted by molar-refractivity contribution is 5.93. The number of hydrogen-bond donors (Lipinski definition) is 2. The summed E-state index contributed by atoms with van der Waals surface area (Å²) in [6, 6.07) is 5.82. The predicted molar refractivity (Wildman–Crippen MR) is 86.3 cm³/mol. The highest BCUT2D eigenvalue weighted by Gasteiger charge is 2.13. The van der Waals surface area contributed by atoms with Crippen molar-refractivity contribution in [1.82, 2.24) is 15.3 Å². The Bertz CT molecular complexity index is 819. The monoisotopic (exact) mass is 313 g/mol. The summed E-state index contributed by atoms with van der Waals surface area (Å²) in [5.41, 5.74) is 2.66. The maximum atomic E-state index is 12.2. The first-order valence-electron chi connectivity index (χ1n) is 7.56. The molecule has 6 nitrogen and oxygen atoms in total. The number of aryl methyl sites for hydroxylation is 1. The van der Waals surface area contributed by atoms with Crippen LogP contribution < -0.4 is 10.1 Å². The molecule has 2 heterocycles. The highest BCUT2D eigenvalue weighted by atomic mass is 16.5. The number of benzene rings is 1. The van der Waals surface area contributed by atoms with E-state index in [0.29, 0.717) is 18.9 Å². The molecule has 0 saturated carbocycles. The van der Waals surface area contributed by atoms with Crippen molar-refractivity contribution >= 4 is 16.8 Å². The number of hydrogen-bond acceptors (Lipinski definition) is 4. The summed E-state index contributed by atoms with van der Waals surface area (Å²) < 4.78 is 10.9. The lowest BCUT2D eigenvalue weighted by Gasteiger charge is -2.07. The molecule has 1 aromatic carbocycles. The van der Waals surface area contributed by atoms with Crippen LogP contribution in [0.1, 0.15) is 23.9 Å². The van der Waals surface area contributed by atoms with Crippen LogP contribution in [0.2, 0.25) is 0 Å². The Balaban J connectivity index is 1.73. The number of nitrogens with one attached hydrogen (secondary N) is 2. The molecule has 0 radical (unpaired) electrons. The lowest BCUT2D eigenvalue weighted by Crippen LogP contribution is -2.24. The molecule has 0 aliphatic rings. The highest BCUT2D eigenvalue weighted by Crippen LogP contribution is 2.29. The molecule has 3 rings (SSSR count). The van der Waals surface area contributed by atoms with Gasteiger partial charge < -0.3 is 19.5 Å². The van der Waals surface area contributed by atoms with E-state index < -0.39 is 0 Å². The number of carbonyl (C=O) groups is 1. The van der Waals surface area contributed by atoms with Gasteiger partial charge >= 0.3 is 0 Å². The second-order valence-corrected chi connectivity index (χ2v) is 5.24. The van der Waals surface area contributed by atoms with Gasteiger partial charge in [-0.3, -0.25) is 4.79 Å². The molecule has 0 fully saturated rings. The standard InChI is InChI=1S/C17H19N3O3/c1-3-22-14-6-4-5-13-17(14)12(8-18-13)7-16(21)19-9-15-11(2)20-10-23-15/h4-6,8,10,18H,3,7,9H2,1-2H3,(H,19,21). The number of ether oxygens (including phenoxy) is 1. The Hall–Kier alpha value is -2.76. The van der Waals surface area contributed by atoms with Gasteiger partial charge in [-0.25, -0.2) is 4.98 Å². The van der Waals surface area contributed by atoms with E-state index >= 15 is 0 Å². The Morgan fingerprint density at radius 2 is 2.30 bits per heavy atom. The van der Waals surface area contributed by atoms with E-state index in [1.807, 2.05) is 38.2 Å². The van der Waals surface area contributed by atoms with Gasteiger partial charge in [0.1, 0.15) is 11.5 Å². The number of oxazole rings is 1. The molecule has 2 aromatic heterocycles. The van der Waals surface area contributed by atoms with Gasteiger partial charge in [-0.15, -0.1) is 0 Å². The largest absolute Gasteiger partial charge is 0.493 e. The van der Waals surface area contributed by atoms with Gasteiger partial charge in [-0.2, -0.15) is 0 Å². The molecule has 0 spiro atoms. The van der Waals surface area contributed by atoms with E-state index in [2.05, 4.69) is 15.3 Å². The van der Waals surface area contributed by atoms with Crippen molar-refractivity contribution in [3.8, 4) is 5.75 Å². The van der Waals surface area contributed by atoms with Crippen molar-refractivity contribution in [2.75, 3.05) is 6.61 Å². The number of fused-ring (bicyclic) bond motifs is 1. The summed E-state index contributed by atoms with van der Waals surface area (Å²) in [6.45, 7) is 4.71. The van der Waals surface area contributed by atoms with Gasteiger partial charge in [0, 0.05) is 17.1 Å². The van der Waals surface area contributed by atoms with Crippen LogP contribution in [-0.2, 0) is 17.8 Å². The van der Waals surface area contributed by atoms with E-state index in [1.165, 1.54) is 6.39 Å². The van der Waals surface area contributed by atoms with Crippen molar-refractivity contribution in [2.24, 2.45) is 0 Å². The van der Waals surface area contributed by atoms with E-state index in [4.69, 9.17) is 9.15 Å². The smallest absolute Gasteiger partial charge is 0.224 e. The Kier molecular flexibility index (Phi) is 4.32. The zero-order chi connectivity index (χ0) is 16.2. The summed E-state index contributed by atoms with van der Waals surface area (Å²) in [5.74, 6) is 1.39. The van der Waals surface area contributed by atoms with Crippen LogP contribution in [-0.4, -0.2) is 22.5 Å². The minimum atomic E-state index is -0.0759. The lowest BCUT2D eigenvalue weighted by atomic mass is 10.1. The normalized spacial score (nSPS) is 10.9. The van der Waals surface area contributed by atoms with Crippen molar-refractivity contribution < 1.29 is 13.9 Å². The Labute approximate surface area is 133 Å². The number of carbonyl (C=O) groups excluding carboxylic acids is 1. The zero-order valence-electron chi connectivity index (χ0n) is 13.2. The van der Waals surface area contributed by atoms with Gasteiger partial charge in [0.05, 0.1) is 25.3 Å². The number of amides is 1. The molecule has 0 aliphatic carbocycles. The fourth-order valence-corrected chi connectivity index (χ4v) is 2.55. The second kappa shape index (κ2) is 6.56. The second-order valence-electron chi connectivity index (χ2n) is 5.24. The first-order chi connectivity index (χ1) is 11.2. The average molecular weight is 313 g/mol. The van der Waals surface area contributed by atoms with Crippen LogP contribution >= 0.6 is 0 Å². The average Bonchev–Trinajstić information content (AvgIpc) is 3.13. The van der Waals surface area contributed by atoms with E-state index in [9.17, 15) is 4.79 Å². The van der Waals surface area contributed by atoms with Gasteiger partial charge in [0.15, 0.2) is 6.39 Å². The van der Waals surface area contributed by atoms with E-state index in [0.717, 1.165) is 27.9 Å². The van der Waals surface area contributed by atoms with Gasteiger partial charge in [0.25, 0.3) is 0 Å². The first kappa shape index (κ1) is 15.1. The van der Waals surface area contributed by atoms with Crippen LogP contribution in [0.5, 0.6) is 5.75 Å². The lowest BCUT2D eigenvalue weighted by molar-refractivity contribution is -0.120. The molecule has 120 valence electrons. The van der Waals surface area contributed by atoms with Crippen LogP contribution in [0.25, 0.3) is 10.9 Å². The molecule has 23 heavy (non-hydrogen) atoms.